The monoisotopic (exact) mass is 460 g/mol. The van der Waals surface area contributed by atoms with Gasteiger partial charge in [-0.2, -0.15) is 0 Å². The van der Waals surface area contributed by atoms with Crippen LogP contribution in [0.1, 0.15) is 6.92 Å². The van der Waals surface area contributed by atoms with Crippen molar-refractivity contribution in [3.8, 4) is 5.75 Å². The third-order valence-electron chi connectivity index (χ3n) is 2.83. The first kappa shape index (κ1) is 18.0. The summed E-state index contributed by atoms with van der Waals surface area (Å²) in [6, 6.07) is 14.5. The highest BCUT2D eigenvalue weighted by atomic mass is 127. The number of nitrogens with one attached hydrogen (secondary N) is 2. The summed E-state index contributed by atoms with van der Waals surface area (Å²) in [5.41, 5.74) is 0.742. The van der Waals surface area contributed by atoms with E-state index in [-0.39, 0.29) is 11.0 Å². The lowest BCUT2D eigenvalue weighted by molar-refractivity contribution is -0.125. The summed E-state index contributed by atoms with van der Waals surface area (Å²) in [6.07, 6.45) is -0.667. The molecule has 2 aromatic rings. The van der Waals surface area contributed by atoms with Gasteiger partial charge >= 0.3 is 0 Å². The zero-order valence-electron chi connectivity index (χ0n) is 12.2. The minimum absolute atomic E-state index is 0.204. The van der Waals surface area contributed by atoms with Crippen LogP contribution in [0, 0.1) is 3.57 Å². The predicted octanol–water partition coefficient (Wildman–Crippen LogP) is 4.23. The molecule has 0 unspecified atom stereocenters. The van der Waals surface area contributed by atoms with E-state index >= 15 is 0 Å². The zero-order valence-corrected chi connectivity index (χ0v) is 15.9. The first-order valence-corrected chi connectivity index (χ1v) is 8.60. The second kappa shape index (κ2) is 8.47. The summed E-state index contributed by atoms with van der Waals surface area (Å²) in [7, 11) is 0. The quantitative estimate of drug-likeness (QED) is 0.530. The number of carbonyl (C=O) groups is 1. The Morgan fingerprint density at radius 1 is 1.17 bits per heavy atom. The van der Waals surface area contributed by atoms with Gasteiger partial charge in [0.25, 0.3) is 5.91 Å². The number of rotatable bonds is 4. The number of anilines is 1. The molecular formula is C16H14ClIN2O2S. The number of ether oxygens (including phenoxy) is 1. The van der Waals surface area contributed by atoms with Crippen LogP contribution in [0.15, 0.2) is 48.5 Å². The van der Waals surface area contributed by atoms with E-state index in [0.717, 1.165) is 9.26 Å². The molecule has 1 atom stereocenters. The Balaban J connectivity index is 1.86. The lowest BCUT2D eigenvalue weighted by atomic mass is 10.3. The lowest BCUT2D eigenvalue weighted by Crippen LogP contribution is -2.42. The maximum Gasteiger partial charge on any atom is 0.266 e. The summed E-state index contributed by atoms with van der Waals surface area (Å²) in [5, 5.41) is 6.34. The molecule has 2 N–H and O–H groups in total. The maximum atomic E-state index is 12.1. The van der Waals surface area contributed by atoms with Crippen molar-refractivity contribution in [3.63, 3.8) is 0 Å². The molecule has 0 fully saturated rings. The van der Waals surface area contributed by atoms with Crippen molar-refractivity contribution in [2.45, 2.75) is 13.0 Å². The van der Waals surface area contributed by atoms with Crippen LogP contribution in [-0.4, -0.2) is 17.1 Å². The molecule has 0 radical (unpaired) electrons. The van der Waals surface area contributed by atoms with Crippen molar-refractivity contribution in [1.29, 1.82) is 0 Å². The average molecular weight is 461 g/mol. The molecule has 0 aromatic heterocycles. The van der Waals surface area contributed by atoms with Crippen molar-refractivity contribution in [2.75, 3.05) is 5.32 Å². The van der Waals surface area contributed by atoms with E-state index in [1.165, 1.54) is 0 Å². The maximum absolute atomic E-state index is 12.1. The topological polar surface area (TPSA) is 50.4 Å². The highest BCUT2D eigenvalue weighted by Crippen LogP contribution is 2.15. The molecule has 7 heteroatoms. The summed E-state index contributed by atoms with van der Waals surface area (Å²) in [4.78, 5) is 12.1. The van der Waals surface area contributed by atoms with Gasteiger partial charge in [0, 0.05) is 14.3 Å². The van der Waals surface area contributed by atoms with Crippen LogP contribution >= 0.6 is 46.4 Å². The Kier molecular flexibility index (Phi) is 6.61. The van der Waals surface area contributed by atoms with Gasteiger partial charge in [-0.3, -0.25) is 10.1 Å². The third-order valence-corrected chi connectivity index (χ3v) is 4.01. The fourth-order valence-electron chi connectivity index (χ4n) is 1.68. The van der Waals surface area contributed by atoms with Gasteiger partial charge in [-0.15, -0.1) is 0 Å². The molecule has 0 bridgehead atoms. The second-order valence-electron chi connectivity index (χ2n) is 4.66. The summed E-state index contributed by atoms with van der Waals surface area (Å²) >= 11 is 13.1. The first-order valence-electron chi connectivity index (χ1n) is 6.73. The molecule has 0 aliphatic carbocycles. The van der Waals surface area contributed by atoms with Crippen LogP contribution < -0.4 is 15.4 Å². The lowest BCUT2D eigenvalue weighted by Gasteiger charge is -2.16. The fraction of sp³-hybridized carbons (Fsp3) is 0.125. The number of thiocarbonyl (C=S) groups is 1. The van der Waals surface area contributed by atoms with Crippen LogP contribution in [0.4, 0.5) is 5.69 Å². The number of carbonyl (C=O) groups excluding carboxylic acids is 1. The molecule has 0 saturated carbocycles. The Hall–Kier alpha value is -1.38. The van der Waals surface area contributed by atoms with E-state index < -0.39 is 6.10 Å². The summed E-state index contributed by atoms with van der Waals surface area (Å²) in [5.74, 6) is 0.305. The van der Waals surface area contributed by atoms with Crippen LogP contribution in [0.2, 0.25) is 5.02 Å². The molecule has 2 rings (SSSR count). The molecule has 0 spiro atoms. The Labute approximate surface area is 158 Å². The molecule has 23 heavy (non-hydrogen) atoms. The Morgan fingerprint density at radius 2 is 1.78 bits per heavy atom. The Morgan fingerprint density at radius 3 is 2.39 bits per heavy atom. The fourth-order valence-corrected chi connectivity index (χ4v) is 2.38. The highest BCUT2D eigenvalue weighted by molar-refractivity contribution is 14.1. The van der Waals surface area contributed by atoms with Crippen molar-refractivity contribution < 1.29 is 9.53 Å². The zero-order chi connectivity index (χ0) is 16.8. The predicted molar refractivity (Wildman–Crippen MR) is 105 cm³/mol. The van der Waals surface area contributed by atoms with Crippen molar-refractivity contribution >= 4 is 63.1 Å². The standard InChI is InChI=1S/C16H14ClIN2O2S/c1-10(22-14-8-4-12(18)5-9-14)15(21)20-16(23)19-13-6-2-11(17)3-7-13/h2-10H,1H3,(H2,19,20,21,23)/t10-/m0/s1. The first-order chi connectivity index (χ1) is 10.9. The normalized spacial score (nSPS) is 11.4. The number of halogens is 2. The van der Waals surface area contributed by atoms with Gasteiger partial charge in [0.2, 0.25) is 0 Å². The van der Waals surface area contributed by atoms with Crippen LogP contribution in [0.3, 0.4) is 0 Å². The molecule has 0 saturated heterocycles. The third kappa shape index (κ3) is 5.96. The van der Waals surface area contributed by atoms with Crippen LogP contribution in [0.25, 0.3) is 0 Å². The molecule has 1 amide bonds. The van der Waals surface area contributed by atoms with Crippen LogP contribution in [-0.2, 0) is 4.79 Å². The summed E-state index contributed by atoms with van der Waals surface area (Å²) in [6.45, 7) is 1.66. The van der Waals surface area contributed by atoms with Gasteiger partial charge in [0.15, 0.2) is 11.2 Å². The Bertz CT molecular complexity index is 692. The molecule has 4 nitrogen and oxygen atoms in total. The van der Waals surface area contributed by atoms with Gasteiger partial charge in [0.05, 0.1) is 0 Å². The second-order valence-corrected chi connectivity index (χ2v) is 6.75. The van der Waals surface area contributed by atoms with Crippen molar-refractivity contribution in [1.82, 2.24) is 5.32 Å². The molecule has 0 heterocycles. The van der Waals surface area contributed by atoms with Crippen LogP contribution in [0.5, 0.6) is 5.75 Å². The van der Waals surface area contributed by atoms with Crippen molar-refractivity contribution in [3.05, 3.63) is 57.1 Å². The minimum atomic E-state index is -0.667. The minimum Gasteiger partial charge on any atom is -0.481 e. The largest absolute Gasteiger partial charge is 0.481 e. The molecule has 0 aliphatic heterocycles. The molecule has 0 aliphatic rings. The number of hydrogen-bond acceptors (Lipinski definition) is 3. The number of hydrogen-bond donors (Lipinski definition) is 2. The van der Waals surface area contributed by atoms with Crippen molar-refractivity contribution in [2.24, 2.45) is 0 Å². The number of amides is 1. The summed E-state index contributed by atoms with van der Waals surface area (Å²) < 4.78 is 6.68. The molecule has 120 valence electrons. The van der Waals surface area contributed by atoms with E-state index in [0.29, 0.717) is 10.8 Å². The highest BCUT2D eigenvalue weighted by Gasteiger charge is 2.16. The SMILES string of the molecule is C[C@H](Oc1ccc(I)cc1)C(=O)NC(=S)Nc1ccc(Cl)cc1. The average Bonchev–Trinajstić information content (AvgIpc) is 2.51. The van der Waals surface area contributed by atoms with E-state index in [2.05, 4.69) is 33.2 Å². The van der Waals surface area contributed by atoms with E-state index in [9.17, 15) is 4.79 Å². The smallest absolute Gasteiger partial charge is 0.266 e. The van der Waals surface area contributed by atoms with Gasteiger partial charge in [-0.1, -0.05) is 11.6 Å². The van der Waals surface area contributed by atoms with Gasteiger partial charge in [0.1, 0.15) is 5.75 Å². The van der Waals surface area contributed by atoms with Gasteiger partial charge < -0.3 is 10.1 Å². The van der Waals surface area contributed by atoms with Gasteiger partial charge in [-0.05, 0) is 90.3 Å². The molecular weight excluding hydrogens is 447 g/mol. The van der Waals surface area contributed by atoms with Gasteiger partial charge in [-0.25, -0.2) is 0 Å². The molecule has 2 aromatic carbocycles. The number of benzene rings is 2. The van der Waals surface area contributed by atoms with E-state index in [4.69, 9.17) is 28.6 Å². The van der Waals surface area contributed by atoms with E-state index in [1.54, 1.807) is 31.2 Å². The van der Waals surface area contributed by atoms with E-state index in [1.807, 2.05) is 24.3 Å².